The maximum Gasteiger partial charge on any atom is 0.210 e. The third-order valence-electron chi connectivity index (χ3n) is 6.92. The maximum atomic E-state index is 14.3. The van der Waals surface area contributed by atoms with Gasteiger partial charge in [-0.05, 0) is 69.4 Å². The van der Waals surface area contributed by atoms with E-state index in [2.05, 4.69) is 14.9 Å². The van der Waals surface area contributed by atoms with Gasteiger partial charge in [-0.1, -0.05) is 12.1 Å². The summed E-state index contributed by atoms with van der Waals surface area (Å²) in [7, 11) is 0. The van der Waals surface area contributed by atoms with E-state index in [9.17, 15) is 14.6 Å². The van der Waals surface area contributed by atoms with Gasteiger partial charge in [0.25, 0.3) is 0 Å². The lowest BCUT2D eigenvalue weighted by Crippen LogP contribution is -2.22. The van der Waals surface area contributed by atoms with Gasteiger partial charge < -0.3 is 15.5 Å². The number of hydrogen-bond donors (Lipinski definition) is 3. The molecule has 0 saturated heterocycles. The monoisotopic (exact) mass is 439 g/mol. The Morgan fingerprint density at radius 3 is 2.34 bits per heavy atom. The van der Waals surface area contributed by atoms with Crippen molar-refractivity contribution in [2.24, 2.45) is 5.92 Å². The smallest absolute Gasteiger partial charge is 0.210 e. The van der Waals surface area contributed by atoms with Crippen LogP contribution >= 0.6 is 0 Å². The van der Waals surface area contributed by atoms with E-state index >= 15 is 0 Å². The minimum Gasteiger partial charge on any atom is -0.393 e. The Labute approximate surface area is 186 Å². The van der Waals surface area contributed by atoms with Crippen molar-refractivity contribution in [1.29, 1.82) is 0 Å². The molecule has 2 aliphatic rings. The lowest BCUT2D eigenvalue weighted by molar-refractivity contribution is 0.108. The van der Waals surface area contributed by atoms with Gasteiger partial charge in [-0.15, -0.1) is 0 Å². The molecule has 0 unspecified atom stereocenters. The van der Waals surface area contributed by atoms with E-state index in [-0.39, 0.29) is 24.1 Å². The summed E-state index contributed by atoms with van der Waals surface area (Å²) in [5.41, 5.74) is 1.80. The molecule has 32 heavy (non-hydrogen) atoms. The van der Waals surface area contributed by atoms with Crippen LogP contribution in [0.1, 0.15) is 63.2 Å². The number of halogens is 1. The first-order valence-electron chi connectivity index (χ1n) is 11.7. The van der Waals surface area contributed by atoms with Crippen LogP contribution in [0.4, 0.5) is 16.0 Å². The highest BCUT2D eigenvalue weighted by Crippen LogP contribution is 2.35. The molecule has 1 aromatic carbocycles. The van der Waals surface area contributed by atoms with Crippen LogP contribution < -0.4 is 5.32 Å². The van der Waals surface area contributed by atoms with Gasteiger partial charge in [0.15, 0.2) is 5.65 Å². The minimum atomic E-state index is -0.337. The van der Waals surface area contributed by atoms with Crippen LogP contribution in [0.5, 0.6) is 0 Å². The minimum absolute atomic E-state index is 0.130. The first kappa shape index (κ1) is 21.3. The first-order valence-corrected chi connectivity index (χ1v) is 11.7. The molecular formula is C24H30FN5O2. The molecule has 0 bridgehead atoms. The molecule has 0 spiro atoms. The Kier molecular flexibility index (Phi) is 6.06. The number of aromatic nitrogens is 4. The van der Waals surface area contributed by atoms with Gasteiger partial charge in [0, 0.05) is 12.5 Å². The number of aliphatic hydroxyl groups is 2. The molecule has 0 aliphatic heterocycles. The van der Waals surface area contributed by atoms with Crippen LogP contribution in [0, 0.1) is 11.7 Å². The fraction of sp³-hybridized carbons (Fsp3) is 0.542. The fourth-order valence-corrected chi connectivity index (χ4v) is 5.07. The van der Waals surface area contributed by atoms with Gasteiger partial charge in [0.05, 0.1) is 24.1 Å². The summed E-state index contributed by atoms with van der Waals surface area (Å²) in [6, 6.07) is 6.69. The number of nitrogens with one attached hydrogen (secondary N) is 1. The summed E-state index contributed by atoms with van der Waals surface area (Å²) in [5, 5.41) is 22.9. The molecular weight excluding hydrogens is 409 g/mol. The topological polar surface area (TPSA) is 96.1 Å². The van der Waals surface area contributed by atoms with Crippen molar-refractivity contribution in [3.05, 3.63) is 42.1 Å². The molecule has 3 N–H and O–H groups in total. The lowest BCUT2D eigenvalue weighted by Gasteiger charge is -2.28. The number of rotatable bonds is 5. The highest BCUT2D eigenvalue weighted by Gasteiger charge is 2.27. The summed E-state index contributed by atoms with van der Waals surface area (Å²) in [5.74, 6) is 1.48. The standard InChI is InChI=1S/C24H30FN5O2/c25-19-3-1-2-4-20(19)27-24-28-21-14-26-22(13-15-5-9-17(31)10-6-15)29-23(21)30(24)16-7-11-18(32)12-8-16/h1-4,14-18,31-32H,5-13H2,(H,27,28). The summed E-state index contributed by atoms with van der Waals surface area (Å²) < 4.78 is 16.4. The molecule has 170 valence electrons. The van der Waals surface area contributed by atoms with Gasteiger partial charge in [0.2, 0.25) is 5.95 Å². The number of nitrogens with zero attached hydrogens (tertiary/aromatic N) is 4. The second-order valence-corrected chi connectivity index (χ2v) is 9.25. The van der Waals surface area contributed by atoms with Crippen molar-refractivity contribution in [3.8, 4) is 0 Å². The zero-order valence-corrected chi connectivity index (χ0v) is 18.1. The third kappa shape index (κ3) is 4.47. The fourth-order valence-electron chi connectivity index (χ4n) is 5.07. The van der Waals surface area contributed by atoms with Crippen molar-refractivity contribution in [3.63, 3.8) is 0 Å². The highest BCUT2D eigenvalue weighted by molar-refractivity contribution is 5.75. The summed E-state index contributed by atoms with van der Waals surface area (Å²) in [6.45, 7) is 0. The van der Waals surface area contributed by atoms with Crippen molar-refractivity contribution < 1.29 is 14.6 Å². The van der Waals surface area contributed by atoms with Gasteiger partial charge in [-0.2, -0.15) is 0 Å². The number of imidazole rings is 1. The zero-order valence-electron chi connectivity index (χ0n) is 18.1. The van der Waals surface area contributed by atoms with Crippen molar-refractivity contribution >= 4 is 22.8 Å². The van der Waals surface area contributed by atoms with E-state index in [1.807, 2.05) is 0 Å². The maximum absolute atomic E-state index is 14.3. The molecule has 2 aromatic heterocycles. The third-order valence-corrected chi connectivity index (χ3v) is 6.92. The quantitative estimate of drug-likeness (QED) is 0.549. The molecule has 5 rings (SSSR count). The molecule has 0 atom stereocenters. The number of anilines is 2. The zero-order chi connectivity index (χ0) is 22.1. The Morgan fingerprint density at radius 1 is 0.938 bits per heavy atom. The van der Waals surface area contributed by atoms with E-state index in [0.29, 0.717) is 23.1 Å². The van der Waals surface area contributed by atoms with Crippen LogP contribution in [0.2, 0.25) is 0 Å². The van der Waals surface area contributed by atoms with Crippen LogP contribution in [0.15, 0.2) is 30.5 Å². The number of aliphatic hydroxyl groups excluding tert-OH is 2. The predicted molar refractivity (Wildman–Crippen MR) is 120 cm³/mol. The molecule has 0 radical (unpaired) electrons. The molecule has 2 heterocycles. The van der Waals surface area contributed by atoms with Gasteiger partial charge in [-0.3, -0.25) is 4.57 Å². The summed E-state index contributed by atoms with van der Waals surface area (Å²) >= 11 is 0. The van der Waals surface area contributed by atoms with E-state index in [4.69, 9.17) is 9.97 Å². The first-order chi connectivity index (χ1) is 15.6. The van der Waals surface area contributed by atoms with E-state index in [1.165, 1.54) is 6.07 Å². The SMILES string of the molecule is OC1CCC(Cc2ncc3nc(Nc4ccccc4F)n(C4CCC(O)CC4)c3n2)CC1. The Hall–Kier alpha value is -2.58. The molecule has 8 heteroatoms. The molecule has 2 aliphatic carbocycles. The summed E-state index contributed by atoms with van der Waals surface area (Å²) in [6.07, 6.45) is 8.85. The number of fused-ring (bicyclic) bond motifs is 1. The second-order valence-electron chi connectivity index (χ2n) is 9.25. The highest BCUT2D eigenvalue weighted by atomic mass is 19.1. The second kappa shape index (κ2) is 9.11. The largest absolute Gasteiger partial charge is 0.393 e. The number of hydrogen-bond acceptors (Lipinski definition) is 6. The van der Waals surface area contributed by atoms with Crippen LogP contribution in [-0.2, 0) is 6.42 Å². The van der Waals surface area contributed by atoms with Crippen LogP contribution in [0.25, 0.3) is 11.2 Å². The molecule has 7 nitrogen and oxygen atoms in total. The van der Waals surface area contributed by atoms with Crippen molar-refractivity contribution in [1.82, 2.24) is 19.5 Å². The summed E-state index contributed by atoms with van der Waals surface area (Å²) in [4.78, 5) is 14.2. The van der Waals surface area contributed by atoms with Crippen LogP contribution in [-0.4, -0.2) is 41.9 Å². The van der Waals surface area contributed by atoms with E-state index in [1.54, 1.807) is 24.4 Å². The lowest BCUT2D eigenvalue weighted by atomic mass is 9.85. The van der Waals surface area contributed by atoms with E-state index < -0.39 is 0 Å². The van der Waals surface area contributed by atoms with Gasteiger partial charge >= 0.3 is 0 Å². The average molecular weight is 440 g/mol. The normalized spacial score (nSPS) is 26.3. The number of benzene rings is 1. The Morgan fingerprint density at radius 2 is 1.62 bits per heavy atom. The number of para-hydroxylation sites is 1. The molecule has 0 amide bonds. The van der Waals surface area contributed by atoms with Crippen molar-refractivity contribution in [2.75, 3.05) is 5.32 Å². The molecule has 2 saturated carbocycles. The Balaban J connectivity index is 1.49. The van der Waals surface area contributed by atoms with Gasteiger partial charge in [0.1, 0.15) is 17.2 Å². The van der Waals surface area contributed by atoms with Crippen molar-refractivity contribution in [2.45, 2.75) is 76.0 Å². The molecule has 3 aromatic rings. The van der Waals surface area contributed by atoms with E-state index in [0.717, 1.165) is 69.3 Å². The Bertz CT molecular complexity index is 1070. The van der Waals surface area contributed by atoms with Crippen LogP contribution in [0.3, 0.4) is 0 Å². The predicted octanol–water partition coefficient (Wildman–Crippen LogP) is 4.28. The average Bonchev–Trinajstić information content (AvgIpc) is 3.15. The van der Waals surface area contributed by atoms with Gasteiger partial charge in [-0.25, -0.2) is 19.3 Å². The molecule has 2 fully saturated rings.